The molecule has 0 aromatic heterocycles. The van der Waals surface area contributed by atoms with Gasteiger partial charge in [0.1, 0.15) is 5.60 Å². The molecule has 0 unspecified atom stereocenters. The van der Waals surface area contributed by atoms with E-state index in [1.807, 2.05) is 0 Å². The number of hydrogen-bond acceptors (Lipinski definition) is 2. The second kappa shape index (κ2) is 4.84. The second-order valence-electron chi connectivity index (χ2n) is 5.57. The first-order valence-corrected chi connectivity index (χ1v) is 6.66. The topological polar surface area (TPSA) is 23.5 Å². The highest BCUT2D eigenvalue weighted by atomic mass is 16.3. The van der Waals surface area contributed by atoms with Crippen LogP contribution in [0.1, 0.15) is 39.0 Å². The Morgan fingerprint density at radius 1 is 1.41 bits per heavy atom. The van der Waals surface area contributed by atoms with Crippen molar-refractivity contribution in [3.8, 4) is 11.8 Å². The number of rotatable bonds is 0. The van der Waals surface area contributed by atoms with Crippen LogP contribution in [0, 0.1) is 17.8 Å². The van der Waals surface area contributed by atoms with E-state index in [-0.39, 0.29) is 0 Å². The van der Waals surface area contributed by atoms with E-state index in [4.69, 9.17) is 0 Å². The van der Waals surface area contributed by atoms with Gasteiger partial charge in [0.15, 0.2) is 0 Å². The molecule has 17 heavy (non-hydrogen) atoms. The van der Waals surface area contributed by atoms with Gasteiger partial charge in [0.2, 0.25) is 0 Å². The SMILES string of the molecule is C=CC#C[C@]1(O)C[C@H](C)N(C)[C@@H]2CCCC[C@H]21. The van der Waals surface area contributed by atoms with Crippen molar-refractivity contribution in [3.05, 3.63) is 12.7 Å². The molecule has 0 amide bonds. The monoisotopic (exact) mass is 233 g/mol. The molecule has 0 aromatic carbocycles. The van der Waals surface area contributed by atoms with Crippen molar-refractivity contribution in [3.63, 3.8) is 0 Å². The first kappa shape index (κ1) is 12.7. The van der Waals surface area contributed by atoms with Gasteiger partial charge in [0, 0.05) is 24.4 Å². The maximum Gasteiger partial charge on any atom is 0.131 e. The average molecular weight is 233 g/mol. The van der Waals surface area contributed by atoms with E-state index >= 15 is 0 Å². The summed E-state index contributed by atoms with van der Waals surface area (Å²) >= 11 is 0. The quantitative estimate of drug-likeness (QED) is 0.648. The third-order valence-electron chi connectivity index (χ3n) is 4.56. The fourth-order valence-corrected chi connectivity index (χ4v) is 3.55. The molecule has 1 aliphatic carbocycles. The predicted molar refractivity (Wildman–Crippen MR) is 70.5 cm³/mol. The first-order chi connectivity index (χ1) is 8.08. The Balaban J connectivity index is 2.29. The Morgan fingerprint density at radius 2 is 2.12 bits per heavy atom. The summed E-state index contributed by atoms with van der Waals surface area (Å²) in [6, 6.07) is 0.898. The van der Waals surface area contributed by atoms with Crippen molar-refractivity contribution in [2.24, 2.45) is 5.92 Å². The van der Waals surface area contributed by atoms with Crippen molar-refractivity contribution in [1.29, 1.82) is 0 Å². The first-order valence-electron chi connectivity index (χ1n) is 6.66. The van der Waals surface area contributed by atoms with Crippen LogP contribution < -0.4 is 0 Å². The molecule has 0 bridgehead atoms. The minimum absolute atomic E-state index is 0.310. The van der Waals surface area contributed by atoms with Crippen LogP contribution in [0.2, 0.25) is 0 Å². The molecule has 1 saturated carbocycles. The summed E-state index contributed by atoms with van der Waals surface area (Å²) in [6.45, 7) is 5.80. The van der Waals surface area contributed by atoms with E-state index in [2.05, 4.69) is 37.3 Å². The van der Waals surface area contributed by atoms with Crippen molar-refractivity contribution in [2.75, 3.05) is 7.05 Å². The number of aliphatic hydroxyl groups is 1. The predicted octanol–water partition coefficient (Wildman–Crippen LogP) is 2.19. The van der Waals surface area contributed by atoms with Crippen molar-refractivity contribution in [1.82, 2.24) is 4.90 Å². The molecule has 2 aliphatic rings. The molecule has 4 atom stereocenters. The van der Waals surface area contributed by atoms with Gasteiger partial charge in [-0.05, 0) is 32.9 Å². The lowest BCUT2D eigenvalue weighted by molar-refractivity contribution is -0.0913. The maximum atomic E-state index is 10.8. The smallest absolute Gasteiger partial charge is 0.131 e. The van der Waals surface area contributed by atoms with Gasteiger partial charge < -0.3 is 10.0 Å². The lowest BCUT2D eigenvalue weighted by atomic mass is 9.67. The molecule has 0 aromatic rings. The lowest BCUT2D eigenvalue weighted by Gasteiger charge is -2.52. The van der Waals surface area contributed by atoms with E-state index in [9.17, 15) is 5.11 Å². The number of piperidine rings is 1. The Bertz CT molecular complexity index is 354. The summed E-state index contributed by atoms with van der Waals surface area (Å²) in [5.74, 6) is 6.24. The zero-order valence-corrected chi connectivity index (χ0v) is 10.9. The average Bonchev–Trinajstić information content (AvgIpc) is 2.34. The van der Waals surface area contributed by atoms with E-state index in [1.165, 1.54) is 19.3 Å². The molecular formula is C15H23NO. The van der Waals surface area contributed by atoms with Crippen LogP contribution in [-0.4, -0.2) is 34.7 Å². The van der Waals surface area contributed by atoms with Crippen LogP contribution >= 0.6 is 0 Å². The fraction of sp³-hybridized carbons (Fsp3) is 0.733. The summed E-state index contributed by atoms with van der Waals surface area (Å²) in [5, 5.41) is 10.8. The molecule has 2 rings (SSSR count). The third kappa shape index (κ3) is 2.27. The van der Waals surface area contributed by atoms with Crippen molar-refractivity contribution < 1.29 is 5.11 Å². The summed E-state index contributed by atoms with van der Waals surface area (Å²) in [6.07, 6.45) is 7.14. The molecule has 94 valence electrons. The summed E-state index contributed by atoms with van der Waals surface area (Å²) < 4.78 is 0. The number of allylic oxidation sites excluding steroid dienone is 1. The van der Waals surface area contributed by atoms with Crippen molar-refractivity contribution in [2.45, 2.75) is 56.7 Å². The minimum Gasteiger partial charge on any atom is -0.377 e. The zero-order valence-electron chi connectivity index (χ0n) is 10.9. The maximum absolute atomic E-state index is 10.8. The van der Waals surface area contributed by atoms with Crippen LogP contribution in [0.3, 0.4) is 0 Å². The van der Waals surface area contributed by atoms with Crippen molar-refractivity contribution >= 4 is 0 Å². The highest BCUT2D eigenvalue weighted by Crippen LogP contribution is 2.42. The van der Waals surface area contributed by atoms with E-state index in [0.717, 1.165) is 12.8 Å². The van der Waals surface area contributed by atoms with Gasteiger partial charge in [-0.15, -0.1) is 0 Å². The number of hydrogen-bond donors (Lipinski definition) is 1. The highest BCUT2D eigenvalue weighted by Gasteiger charge is 2.48. The third-order valence-corrected chi connectivity index (χ3v) is 4.56. The molecule has 1 heterocycles. The van der Waals surface area contributed by atoms with Crippen LogP contribution in [0.5, 0.6) is 0 Å². The van der Waals surface area contributed by atoms with Gasteiger partial charge in [-0.1, -0.05) is 31.3 Å². The fourth-order valence-electron chi connectivity index (χ4n) is 3.55. The van der Waals surface area contributed by atoms with Gasteiger partial charge >= 0.3 is 0 Å². The van der Waals surface area contributed by atoms with Gasteiger partial charge in [0.05, 0.1) is 0 Å². The van der Waals surface area contributed by atoms with Crippen LogP contribution in [0.15, 0.2) is 12.7 Å². The Morgan fingerprint density at radius 3 is 2.82 bits per heavy atom. The standard InChI is InChI=1S/C15H23NO/c1-4-5-10-15(17)11-12(2)16(3)14-9-7-6-8-13(14)15/h4,12-14,17H,1,6-9,11H2,2-3H3/t12-,13+,14+,15-/m0/s1. The molecule has 1 saturated heterocycles. The largest absolute Gasteiger partial charge is 0.377 e. The van der Waals surface area contributed by atoms with E-state index < -0.39 is 5.60 Å². The van der Waals surface area contributed by atoms with E-state index in [0.29, 0.717) is 18.0 Å². The summed E-state index contributed by atoms with van der Waals surface area (Å²) in [5.41, 5.74) is -0.800. The molecule has 1 N–H and O–H groups in total. The van der Waals surface area contributed by atoms with Gasteiger partial charge in [-0.2, -0.15) is 0 Å². The zero-order chi connectivity index (χ0) is 12.5. The van der Waals surface area contributed by atoms with E-state index in [1.54, 1.807) is 6.08 Å². The molecule has 2 heteroatoms. The Hall–Kier alpha value is -0.780. The highest BCUT2D eigenvalue weighted by molar-refractivity contribution is 5.25. The normalized spacial score (nSPS) is 42.2. The number of nitrogens with zero attached hydrogens (tertiary/aromatic N) is 1. The lowest BCUT2D eigenvalue weighted by Crippen LogP contribution is -2.60. The molecule has 0 radical (unpaired) electrons. The molecule has 2 fully saturated rings. The van der Waals surface area contributed by atoms with Gasteiger partial charge in [-0.3, -0.25) is 0 Å². The van der Waals surface area contributed by atoms with Crippen LogP contribution in [0.4, 0.5) is 0 Å². The van der Waals surface area contributed by atoms with Gasteiger partial charge in [0.25, 0.3) is 0 Å². The summed E-state index contributed by atoms with van der Waals surface area (Å²) in [4.78, 5) is 2.44. The Labute approximate surface area is 105 Å². The number of fused-ring (bicyclic) bond motifs is 1. The number of likely N-dealkylation sites (tertiary alicyclic amines) is 1. The minimum atomic E-state index is -0.800. The summed E-state index contributed by atoms with van der Waals surface area (Å²) in [7, 11) is 2.19. The molecular weight excluding hydrogens is 210 g/mol. The molecule has 2 nitrogen and oxygen atoms in total. The second-order valence-corrected chi connectivity index (χ2v) is 5.57. The van der Waals surface area contributed by atoms with Crippen LogP contribution in [0.25, 0.3) is 0 Å². The molecule has 1 aliphatic heterocycles. The Kier molecular flexibility index (Phi) is 3.61. The van der Waals surface area contributed by atoms with Gasteiger partial charge in [-0.25, -0.2) is 0 Å². The molecule has 0 spiro atoms. The van der Waals surface area contributed by atoms with Crippen LogP contribution in [-0.2, 0) is 0 Å².